The summed E-state index contributed by atoms with van der Waals surface area (Å²) in [6.07, 6.45) is 0. The summed E-state index contributed by atoms with van der Waals surface area (Å²) in [5, 5.41) is 0.924. The maximum absolute atomic E-state index is 6.11. The number of hydrogen-bond donors (Lipinski definition) is 0. The fourth-order valence-corrected chi connectivity index (χ4v) is 2.66. The minimum atomic E-state index is 0.924. The molecule has 0 amide bonds. The van der Waals surface area contributed by atoms with Crippen molar-refractivity contribution >= 4 is 34.2 Å². The Bertz CT molecular complexity index is 314. The van der Waals surface area contributed by atoms with Gasteiger partial charge in [0.05, 0.1) is 0 Å². The molecule has 0 unspecified atom stereocenters. The van der Waals surface area contributed by atoms with Gasteiger partial charge >= 0.3 is 0 Å². The lowest BCUT2D eigenvalue weighted by Gasteiger charge is -2.11. The van der Waals surface area contributed by atoms with Crippen molar-refractivity contribution in [3.8, 4) is 0 Å². The van der Waals surface area contributed by atoms with Crippen LogP contribution in [0.4, 0.5) is 0 Å². The molecule has 3 heteroatoms. The zero-order valence-corrected chi connectivity index (χ0v) is 10.2. The van der Waals surface area contributed by atoms with E-state index in [-0.39, 0.29) is 0 Å². The molecule has 1 aliphatic heterocycles. The van der Waals surface area contributed by atoms with Crippen LogP contribution in [0.15, 0.2) is 18.2 Å². The Morgan fingerprint density at radius 1 is 1.38 bits per heavy atom. The molecule has 1 aliphatic rings. The standard InChI is InChI=1S/C10H11ClIN/c11-10-3-1-2-8-6-13(5-4-12)7-9(8)10/h1-3H,4-7H2. The quantitative estimate of drug-likeness (QED) is 0.599. The lowest BCUT2D eigenvalue weighted by molar-refractivity contribution is 0.305. The van der Waals surface area contributed by atoms with Gasteiger partial charge in [0, 0.05) is 29.1 Å². The summed E-state index contributed by atoms with van der Waals surface area (Å²) in [6, 6.07) is 6.19. The van der Waals surface area contributed by atoms with Crippen LogP contribution in [0, 0.1) is 0 Å². The fourth-order valence-electron chi connectivity index (χ4n) is 1.73. The van der Waals surface area contributed by atoms with Gasteiger partial charge < -0.3 is 0 Å². The summed E-state index contributed by atoms with van der Waals surface area (Å²) in [6.45, 7) is 3.25. The number of benzene rings is 1. The molecule has 0 fully saturated rings. The van der Waals surface area contributed by atoms with Crippen LogP contribution in [0.5, 0.6) is 0 Å². The van der Waals surface area contributed by atoms with Gasteiger partial charge in [0.25, 0.3) is 0 Å². The molecule has 0 aliphatic carbocycles. The molecule has 0 aromatic heterocycles. The van der Waals surface area contributed by atoms with Gasteiger partial charge in [-0.15, -0.1) is 0 Å². The van der Waals surface area contributed by atoms with E-state index in [0.29, 0.717) is 0 Å². The molecule has 70 valence electrons. The van der Waals surface area contributed by atoms with Crippen LogP contribution in [0.25, 0.3) is 0 Å². The molecule has 13 heavy (non-hydrogen) atoms. The van der Waals surface area contributed by atoms with Crippen LogP contribution < -0.4 is 0 Å². The Morgan fingerprint density at radius 3 is 2.92 bits per heavy atom. The first-order valence-corrected chi connectivity index (χ1v) is 6.26. The van der Waals surface area contributed by atoms with Gasteiger partial charge in [-0.25, -0.2) is 0 Å². The van der Waals surface area contributed by atoms with Crippen LogP contribution in [0.2, 0.25) is 5.02 Å². The van der Waals surface area contributed by atoms with E-state index in [2.05, 4.69) is 33.6 Å². The molecule has 0 atom stereocenters. The zero-order valence-electron chi connectivity index (χ0n) is 7.26. The second-order valence-electron chi connectivity index (χ2n) is 3.28. The molecule has 0 saturated heterocycles. The van der Waals surface area contributed by atoms with Crippen LogP contribution in [0.1, 0.15) is 11.1 Å². The smallest absolute Gasteiger partial charge is 0.0454 e. The van der Waals surface area contributed by atoms with E-state index in [1.165, 1.54) is 15.6 Å². The molecule has 1 aromatic carbocycles. The summed E-state index contributed by atoms with van der Waals surface area (Å²) < 4.78 is 1.18. The zero-order chi connectivity index (χ0) is 9.26. The Morgan fingerprint density at radius 2 is 2.23 bits per heavy atom. The van der Waals surface area contributed by atoms with Gasteiger partial charge in [-0.3, -0.25) is 4.90 Å². The van der Waals surface area contributed by atoms with Crippen LogP contribution in [-0.4, -0.2) is 15.9 Å². The largest absolute Gasteiger partial charge is 0.294 e. The number of alkyl halides is 1. The van der Waals surface area contributed by atoms with Gasteiger partial charge in [-0.1, -0.05) is 46.3 Å². The fraction of sp³-hybridized carbons (Fsp3) is 0.400. The third-order valence-electron chi connectivity index (χ3n) is 2.39. The Balaban J connectivity index is 2.20. The summed E-state index contributed by atoms with van der Waals surface area (Å²) in [7, 11) is 0. The molecule has 0 radical (unpaired) electrons. The highest BCUT2D eigenvalue weighted by Gasteiger charge is 2.19. The number of halogens is 2. The van der Waals surface area contributed by atoms with Crippen LogP contribution >= 0.6 is 34.2 Å². The molecule has 0 bridgehead atoms. The van der Waals surface area contributed by atoms with Gasteiger partial charge in [0.2, 0.25) is 0 Å². The first kappa shape index (κ1) is 9.74. The van der Waals surface area contributed by atoms with Gasteiger partial charge in [0.1, 0.15) is 0 Å². The molecule has 1 heterocycles. The van der Waals surface area contributed by atoms with Crippen molar-refractivity contribution in [3.05, 3.63) is 34.3 Å². The first-order valence-electron chi connectivity index (χ1n) is 4.36. The molecule has 0 spiro atoms. The predicted molar refractivity (Wildman–Crippen MR) is 64.5 cm³/mol. The minimum Gasteiger partial charge on any atom is -0.294 e. The average molecular weight is 308 g/mol. The van der Waals surface area contributed by atoms with Crippen molar-refractivity contribution in [2.24, 2.45) is 0 Å². The van der Waals surface area contributed by atoms with E-state index in [0.717, 1.165) is 24.7 Å². The molecular weight excluding hydrogens is 296 g/mol. The second kappa shape index (κ2) is 4.15. The summed E-state index contributed by atoms with van der Waals surface area (Å²) in [4.78, 5) is 2.43. The van der Waals surface area contributed by atoms with Crippen LogP contribution in [-0.2, 0) is 13.1 Å². The maximum Gasteiger partial charge on any atom is 0.0454 e. The van der Waals surface area contributed by atoms with Crippen molar-refractivity contribution in [2.45, 2.75) is 13.1 Å². The number of rotatable bonds is 2. The van der Waals surface area contributed by atoms with E-state index < -0.39 is 0 Å². The van der Waals surface area contributed by atoms with E-state index >= 15 is 0 Å². The molecule has 2 rings (SSSR count). The van der Waals surface area contributed by atoms with E-state index in [4.69, 9.17) is 11.6 Å². The van der Waals surface area contributed by atoms with E-state index in [1.807, 2.05) is 12.1 Å². The third kappa shape index (κ3) is 2.00. The highest BCUT2D eigenvalue weighted by molar-refractivity contribution is 14.1. The number of fused-ring (bicyclic) bond motifs is 1. The molecule has 1 nitrogen and oxygen atoms in total. The van der Waals surface area contributed by atoms with Gasteiger partial charge in [0.15, 0.2) is 0 Å². The average Bonchev–Trinajstić information content (AvgIpc) is 2.49. The molecular formula is C10H11ClIN. The van der Waals surface area contributed by atoms with E-state index in [9.17, 15) is 0 Å². The lowest BCUT2D eigenvalue weighted by atomic mass is 10.1. The van der Waals surface area contributed by atoms with Crippen molar-refractivity contribution < 1.29 is 0 Å². The first-order chi connectivity index (χ1) is 6.31. The van der Waals surface area contributed by atoms with Gasteiger partial charge in [-0.2, -0.15) is 0 Å². The monoisotopic (exact) mass is 307 g/mol. The van der Waals surface area contributed by atoms with Crippen molar-refractivity contribution in [2.75, 3.05) is 11.0 Å². The summed E-state index contributed by atoms with van der Waals surface area (Å²) in [5.41, 5.74) is 2.73. The summed E-state index contributed by atoms with van der Waals surface area (Å²) >= 11 is 8.52. The van der Waals surface area contributed by atoms with Crippen molar-refractivity contribution in [1.29, 1.82) is 0 Å². The Hall–Kier alpha value is 0.200. The Kier molecular flexibility index (Phi) is 3.11. The Labute approximate surface area is 97.2 Å². The van der Waals surface area contributed by atoms with Crippen molar-refractivity contribution in [1.82, 2.24) is 4.90 Å². The highest BCUT2D eigenvalue weighted by atomic mass is 127. The lowest BCUT2D eigenvalue weighted by Crippen LogP contribution is -2.18. The van der Waals surface area contributed by atoms with Gasteiger partial charge in [-0.05, 0) is 17.2 Å². The molecule has 1 aromatic rings. The predicted octanol–water partition coefficient (Wildman–Crippen LogP) is 3.09. The van der Waals surface area contributed by atoms with E-state index in [1.54, 1.807) is 0 Å². The third-order valence-corrected chi connectivity index (χ3v) is 3.23. The summed E-state index contributed by atoms with van der Waals surface area (Å²) in [5.74, 6) is 0. The second-order valence-corrected chi connectivity index (χ2v) is 4.76. The highest BCUT2D eigenvalue weighted by Crippen LogP contribution is 2.28. The SMILES string of the molecule is Clc1cccc2c1CN(CCI)C2. The van der Waals surface area contributed by atoms with Crippen LogP contribution in [0.3, 0.4) is 0 Å². The number of nitrogens with zero attached hydrogens (tertiary/aromatic N) is 1. The minimum absolute atomic E-state index is 0.924. The van der Waals surface area contributed by atoms with Crippen molar-refractivity contribution in [3.63, 3.8) is 0 Å². The normalized spacial score (nSPS) is 16.2. The number of hydrogen-bond acceptors (Lipinski definition) is 1. The maximum atomic E-state index is 6.11. The topological polar surface area (TPSA) is 3.24 Å². The molecule has 0 saturated carbocycles. The molecule has 0 N–H and O–H groups in total.